The van der Waals surface area contributed by atoms with Crippen LogP contribution in [0.15, 0.2) is 4.21 Å². The summed E-state index contributed by atoms with van der Waals surface area (Å²) >= 11 is 3.03. The number of hydrogen-bond acceptors (Lipinski definition) is 7. The van der Waals surface area contributed by atoms with Gasteiger partial charge in [0.2, 0.25) is 10.0 Å². The second kappa shape index (κ2) is 10.6. The van der Waals surface area contributed by atoms with Crippen LogP contribution in [0.5, 0.6) is 0 Å². The number of amides is 1. The lowest BCUT2D eigenvalue weighted by Crippen LogP contribution is -2.40. The van der Waals surface area contributed by atoms with Crippen LogP contribution in [0.3, 0.4) is 0 Å². The van der Waals surface area contributed by atoms with E-state index in [9.17, 15) is 18.3 Å². The van der Waals surface area contributed by atoms with E-state index < -0.39 is 20.9 Å². The van der Waals surface area contributed by atoms with Crippen molar-refractivity contribution in [2.75, 3.05) is 19.3 Å². The highest BCUT2D eigenvalue weighted by Gasteiger charge is 2.29. The van der Waals surface area contributed by atoms with Crippen molar-refractivity contribution >= 4 is 39.0 Å². The number of thioether (sulfide) groups is 1. The summed E-state index contributed by atoms with van der Waals surface area (Å²) in [6.45, 7) is 6.07. The van der Waals surface area contributed by atoms with Gasteiger partial charge in [-0.05, 0) is 64.7 Å². The van der Waals surface area contributed by atoms with Crippen molar-refractivity contribution < 1.29 is 18.3 Å². The first kappa shape index (κ1) is 24.6. The normalized spacial score (nSPS) is 17.2. The van der Waals surface area contributed by atoms with Crippen LogP contribution in [0.1, 0.15) is 79.8 Å². The molecule has 1 atom stereocenters. The van der Waals surface area contributed by atoms with Gasteiger partial charge in [0.1, 0.15) is 0 Å². The van der Waals surface area contributed by atoms with E-state index in [4.69, 9.17) is 0 Å². The quantitative estimate of drug-likeness (QED) is 0.241. The van der Waals surface area contributed by atoms with Crippen LogP contribution >= 0.6 is 23.1 Å². The lowest BCUT2D eigenvalue weighted by molar-refractivity contribution is 0.0935. The van der Waals surface area contributed by atoms with Crippen molar-refractivity contribution in [1.29, 1.82) is 0 Å². The third kappa shape index (κ3) is 6.41. The number of thiophene rings is 1. The first-order chi connectivity index (χ1) is 13.6. The molecule has 0 spiro atoms. The van der Waals surface area contributed by atoms with Gasteiger partial charge in [0, 0.05) is 18.7 Å². The molecule has 1 amide bonds. The molecule has 0 saturated carbocycles. The highest BCUT2D eigenvalue weighted by Crippen LogP contribution is 2.43. The summed E-state index contributed by atoms with van der Waals surface area (Å²) in [5.74, 6) is -0.154. The second-order valence-corrected chi connectivity index (χ2v) is 12.8. The zero-order valence-electron chi connectivity index (χ0n) is 17.6. The third-order valence-corrected chi connectivity index (χ3v) is 9.50. The van der Waals surface area contributed by atoms with Crippen molar-refractivity contribution in [2.24, 2.45) is 0 Å². The molecule has 0 aromatic carbocycles. The fourth-order valence-corrected chi connectivity index (χ4v) is 6.07. The molecule has 7 nitrogen and oxygen atoms in total. The average Bonchev–Trinajstić information content (AvgIpc) is 3.03. The Morgan fingerprint density at radius 1 is 1.24 bits per heavy atom. The smallest absolute Gasteiger partial charge is 0.275 e. The number of carbonyl (C=O) groups is 1. The molecule has 0 bridgehead atoms. The number of hydrogen-bond donors (Lipinski definition) is 4. The van der Waals surface area contributed by atoms with Gasteiger partial charge in [-0.25, -0.2) is 18.6 Å². The van der Waals surface area contributed by atoms with E-state index in [0.717, 1.165) is 53.9 Å². The van der Waals surface area contributed by atoms with Crippen LogP contribution < -0.4 is 15.6 Å². The first-order valence-corrected chi connectivity index (χ1v) is 13.5. The summed E-state index contributed by atoms with van der Waals surface area (Å²) in [6.07, 6.45) is 6.40. The first-order valence-electron chi connectivity index (χ1n) is 9.98. The molecule has 1 heterocycles. The molecule has 29 heavy (non-hydrogen) atoms. The monoisotopic (exact) mass is 463 g/mol. The zero-order chi connectivity index (χ0) is 21.7. The summed E-state index contributed by atoms with van der Waals surface area (Å²) in [5.41, 5.74) is 7.65. The molecule has 4 N–H and O–H groups in total. The predicted octanol–water partition coefficient (Wildman–Crippen LogP) is 2.96. The Morgan fingerprint density at radius 3 is 2.59 bits per heavy atom. The number of aliphatic hydroxyl groups excluding tert-OH is 1. The van der Waals surface area contributed by atoms with Crippen LogP contribution in [0.25, 0.3) is 0 Å². The van der Waals surface area contributed by atoms with Crippen LogP contribution in [0.2, 0.25) is 0 Å². The number of nitrogens with one attached hydrogen (secondary N) is 3. The minimum Gasteiger partial charge on any atom is -0.388 e. The SMILES string of the molecule is CSc1sc(C(=O)NNCCCCCNS(=O)(=O)C(C)(C)C)c2c1C(O)CCC2. The summed E-state index contributed by atoms with van der Waals surface area (Å²) < 4.78 is 26.8. The topological polar surface area (TPSA) is 108 Å². The van der Waals surface area contributed by atoms with E-state index in [1.54, 1.807) is 32.5 Å². The maximum absolute atomic E-state index is 12.6. The Hall–Kier alpha value is -0.650. The number of fused-ring (bicyclic) bond motifs is 1. The second-order valence-electron chi connectivity index (χ2n) is 8.17. The molecule has 1 aromatic rings. The zero-order valence-corrected chi connectivity index (χ0v) is 20.1. The van der Waals surface area contributed by atoms with E-state index >= 15 is 0 Å². The van der Waals surface area contributed by atoms with Gasteiger partial charge >= 0.3 is 0 Å². The largest absolute Gasteiger partial charge is 0.388 e. The highest BCUT2D eigenvalue weighted by atomic mass is 32.2. The van der Waals surface area contributed by atoms with E-state index in [-0.39, 0.29) is 5.91 Å². The number of carbonyl (C=O) groups excluding carboxylic acids is 1. The van der Waals surface area contributed by atoms with Crippen molar-refractivity contribution in [2.45, 2.75) is 74.4 Å². The molecule has 166 valence electrons. The molecular weight excluding hydrogens is 430 g/mol. The standard InChI is InChI=1S/C19H33N3O4S3/c1-19(2,3)29(25,26)21-12-7-5-6-11-20-22-17(24)16-13-9-8-10-14(23)15(13)18(27-4)28-16/h14,20-21,23H,5-12H2,1-4H3,(H,22,24). The Kier molecular flexibility index (Phi) is 8.99. The van der Waals surface area contributed by atoms with E-state index in [1.807, 2.05) is 6.26 Å². The third-order valence-electron chi connectivity index (χ3n) is 4.92. The number of sulfonamides is 1. The van der Waals surface area contributed by atoms with Gasteiger partial charge in [0.25, 0.3) is 5.91 Å². The summed E-state index contributed by atoms with van der Waals surface area (Å²) in [6, 6.07) is 0. The molecule has 0 fully saturated rings. The molecule has 1 aliphatic rings. The molecule has 0 saturated heterocycles. The van der Waals surface area contributed by atoms with Gasteiger partial charge in [-0.15, -0.1) is 23.1 Å². The van der Waals surface area contributed by atoms with Gasteiger partial charge < -0.3 is 5.11 Å². The van der Waals surface area contributed by atoms with E-state index in [0.29, 0.717) is 18.0 Å². The van der Waals surface area contributed by atoms with Gasteiger partial charge in [-0.1, -0.05) is 6.42 Å². The van der Waals surface area contributed by atoms with E-state index in [2.05, 4.69) is 15.6 Å². The van der Waals surface area contributed by atoms with Crippen molar-refractivity contribution in [3.8, 4) is 0 Å². The Morgan fingerprint density at radius 2 is 1.93 bits per heavy atom. The lowest BCUT2D eigenvalue weighted by Gasteiger charge is -2.19. The maximum atomic E-state index is 12.6. The minimum atomic E-state index is -3.29. The lowest BCUT2D eigenvalue weighted by atomic mass is 9.91. The summed E-state index contributed by atoms with van der Waals surface area (Å²) in [5, 5.41) is 10.3. The van der Waals surface area contributed by atoms with Crippen LogP contribution in [0.4, 0.5) is 0 Å². The predicted molar refractivity (Wildman–Crippen MR) is 120 cm³/mol. The number of aliphatic hydroxyl groups is 1. The highest BCUT2D eigenvalue weighted by molar-refractivity contribution is 8.00. The number of hydrazine groups is 1. The molecule has 2 rings (SSSR count). The Bertz CT molecular complexity index is 800. The minimum absolute atomic E-state index is 0.154. The summed E-state index contributed by atoms with van der Waals surface area (Å²) in [7, 11) is -3.29. The number of unbranched alkanes of at least 4 members (excludes halogenated alkanes) is 2. The Balaban J connectivity index is 1.71. The molecule has 1 aromatic heterocycles. The van der Waals surface area contributed by atoms with Crippen LogP contribution in [-0.4, -0.2) is 43.5 Å². The molecule has 10 heteroatoms. The average molecular weight is 464 g/mol. The Labute approximate surface area is 182 Å². The molecule has 1 aliphatic carbocycles. The number of rotatable bonds is 10. The van der Waals surface area contributed by atoms with Crippen LogP contribution in [-0.2, 0) is 16.4 Å². The van der Waals surface area contributed by atoms with Gasteiger partial charge in [0.15, 0.2) is 0 Å². The fourth-order valence-electron chi connectivity index (χ4n) is 3.13. The van der Waals surface area contributed by atoms with Gasteiger partial charge in [0.05, 0.1) is 19.9 Å². The summed E-state index contributed by atoms with van der Waals surface area (Å²) in [4.78, 5) is 13.2. The molecular formula is C19H33N3O4S3. The van der Waals surface area contributed by atoms with Crippen molar-refractivity contribution in [1.82, 2.24) is 15.6 Å². The van der Waals surface area contributed by atoms with Gasteiger partial charge in [-0.2, -0.15) is 0 Å². The van der Waals surface area contributed by atoms with Crippen molar-refractivity contribution in [3.05, 3.63) is 16.0 Å². The molecule has 0 aliphatic heterocycles. The van der Waals surface area contributed by atoms with Gasteiger partial charge in [-0.3, -0.25) is 10.2 Å². The fraction of sp³-hybridized carbons (Fsp3) is 0.737. The maximum Gasteiger partial charge on any atom is 0.275 e. The van der Waals surface area contributed by atoms with Crippen molar-refractivity contribution in [3.63, 3.8) is 0 Å². The van der Waals surface area contributed by atoms with Crippen LogP contribution in [0, 0.1) is 0 Å². The van der Waals surface area contributed by atoms with E-state index in [1.165, 1.54) is 11.3 Å². The molecule has 1 unspecified atom stereocenters. The molecule has 0 radical (unpaired) electrons.